The molecule has 0 saturated carbocycles. The number of nitrogens with zero attached hydrogens (tertiary/aromatic N) is 2. The molecule has 0 aromatic heterocycles. The van der Waals surface area contributed by atoms with E-state index in [0.29, 0.717) is 6.61 Å². The summed E-state index contributed by atoms with van der Waals surface area (Å²) in [7, 11) is 6.25. The van der Waals surface area contributed by atoms with Crippen LogP contribution in [0.5, 0.6) is 0 Å². The lowest BCUT2D eigenvalue weighted by molar-refractivity contribution is -0.348. The summed E-state index contributed by atoms with van der Waals surface area (Å²) in [4.78, 5) is 21.4. The van der Waals surface area contributed by atoms with Crippen molar-refractivity contribution in [3.8, 4) is 0 Å². The number of cyclic esters (lactones) is 1. The summed E-state index contributed by atoms with van der Waals surface area (Å²) in [5.74, 6) is -4.43. The summed E-state index contributed by atoms with van der Waals surface area (Å²) in [6.07, 6.45) is -11.5. The van der Waals surface area contributed by atoms with E-state index in [9.17, 15) is 35.4 Å². The number of oxime groups is 1. The maximum Gasteiger partial charge on any atom is 0.311 e. The van der Waals surface area contributed by atoms with E-state index in [0.717, 1.165) is 0 Å². The number of esters is 1. The molecule has 346 valence electrons. The average Bonchev–Trinajstić information content (AvgIpc) is 3.16. The molecule has 0 aromatic rings. The van der Waals surface area contributed by atoms with Crippen LogP contribution in [0, 0.1) is 23.7 Å². The summed E-state index contributed by atoms with van der Waals surface area (Å²) in [6, 6.07) is 0. The van der Waals surface area contributed by atoms with Crippen molar-refractivity contribution in [3.63, 3.8) is 0 Å². The molecular formula is C41H76N2O16. The summed E-state index contributed by atoms with van der Waals surface area (Å²) >= 11 is 0. The number of methoxy groups -OCH3 is 2. The van der Waals surface area contributed by atoms with Crippen LogP contribution in [-0.2, 0) is 47.5 Å². The number of rotatable bonds is 13. The van der Waals surface area contributed by atoms with Crippen LogP contribution < -0.4 is 0 Å². The topological polar surface area (TPSA) is 237 Å². The lowest BCUT2D eigenvalue weighted by Crippen LogP contribution is -2.66. The minimum absolute atomic E-state index is 0.0577. The van der Waals surface area contributed by atoms with Crippen LogP contribution in [0.2, 0.25) is 0 Å². The number of carbonyl (C=O) groups excluding carboxylic acids is 1. The second-order valence-electron chi connectivity index (χ2n) is 17.9. The van der Waals surface area contributed by atoms with E-state index in [2.05, 4.69) is 5.16 Å². The molecule has 6 N–H and O–H groups in total. The van der Waals surface area contributed by atoms with Crippen LogP contribution in [0.4, 0.5) is 0 Å². The first kappa shape index (κ1) is 51.7. The van der Waals surface area contributed by atoms with Crippen molar-refractivity contribution in [1.82, 2.24) is 4.90 Å². The molecule has 18 nitrogen and oxygen atoms in total. The number of hydrogen-bond donors (Lipinski definition) is 6. The van der Waals surface area contributed by atoms with Crippen LogP contribution in [0.1, 0.15) is 94.9 Å². The molecule has 0 spiro atoms. The molecule has 0 bridgehead atoms. The van der Waals surface area contributed by atoms with Gasteiger partial charge in [-0.3, -0.25) is 9.69 Å². The fraction of sp³-hybridized carbons (Fsp3) is 0.951. The number of hydrogen-bond acceptors (Lipinski definition) is 18. The zero-order valence-electron chi connectivity index (χ0n) is 37.7. The highest BCUT2D eigenvalue weighted by atomic mass is 16.7. The molecule has 3 heterocycles. The Balaban J connectivity index is 2.24. The third-order valence-corrected chi connectivity index (χ3v) is 12.8. The van der Waals surface area contributed by atoms with Gasteiger partial charge in [0.05, 0.1) is 66.6 Å². The number of carbonyl (C=O) groups is 1. The third kappa shape index (κ3) is 11.9. The van der Waals surface area contributed by atoms with E-state index in [4.69, 9.17) is 42.7 Å². The number of aliphatic hydroxyl groups is 6. The molecule has 3 aliphatic heterocycles. The van der Waals surface area contributed by atoms with Gasteiger partial charge in [0.1, 0.15) is 23.9 Å². The van der Waals surface area contributed by atoms with Crippen molar-refractivity contribution < 1.29 is 78.2 Å². The highest BCUT2D eigenvalue weighted by molar-refractivity contribution is 5.88. The Bertz CT molecular complexity index is 1350. The SMILES string of the molecule is CC[C@H]1OC(=O)[C@H](C)[C@@H](O[C@H]2C[C@@](C)(OC)[C@@H](O)[C@H](C)O2)[C@H](C)[C@@H](O[C@@H]2O[C@H](C)CC(O)(N(C)C)[C@H]2O)[C@](C)(O)C[C@@H](C)/C(=N\OCOCCOC)[C@H](C)[C@@H](O)[C@]1(C)O. The lowest BCUT2D eigenvalue weighted by Gasteiger charge is -2.51. The van der Waals surface area contributed by atoms with Crippen LogP contribution in [0.15, 0.2) is 5.16 Å². The Labute approximate surface area is 350 Å². The maximum absolute atomic E-state index is 14.3. The van der Waals surface area contributed by atoms with Gasteiger partial charge in [0.2, 0.25) is 6.79 Å². The molecular weight excluding hydrogens is 776 g/mol. The lowest BCUT2D eigenvalue weighted by atomic mass is 9.73. The maximum atomic E-state index is 14.3. The van der Waals surface area contributed by atoms with E-state index >= 15 is 0 Å². The molecule has 18 atom stereocenters. The van der Waals surface area contributed by atoms with Crippen molar-refractivity contribution >= 4 is 11.7 Å². The van der Waals surface area contributed by atoms with Gasteiger partial charge in [0, 0.05) is 44.8 Å². The van der Waals surface area contributed by atoms with Crippen LogP contribution in [-0.4, -0.2) is 179 Å². The first-order valence-electron chi connectivity index (χ1n) is 20.8. The molecule has 3 fully saturated rings. The van der Waals surface area contributed by atoms with Crippen molar-refractivity contribution in [2.75, 3.05) is 48.3 Å². The Morgan fingerprint density at radius 3 is 2.07 bits per heavy atom. The van der Waals surface area contributed by atoms with E-state index in [1.165, 1.54) is 33.0 Å². The normalized spacial score (nSPS) is 46.5. The largest absolute Gasteiger partial charge is 0.459 e. The second-order valence-corrected chi connectivity index (χ2v) is 17.9. The van der Waals surface area contributed by atoms with Crippen LogP contribution in [0.25, 0.3) is 0 Å². The van der Waals surface area contributed by atoms with E-state index < -0.39 is 114 Å². The van der Waals surface area contributed by atoms with Gasteiger partial charge < -0.3 is 73.4 Å². The fourth-order valence-corrected chi connectivity index (χ4v) is 8.95. The molecule has 1 unspecified atom stereocenters. The van der Waals surface area contributed by atoms with E-state index in [1.54, 1.807) is 69.5 Å². The number of aliphatic hydroxyl groups excluding tert-OH is 3. The van der Waals surface area contributed by atoms with Crippen molar-refractivity contribution in [3.05, 3.63) is 0 Å². The second kappa shape index (κ2) is 21.2. The van der Waals surface area contributed by atoms with E-state index in [1.807, 2.05) is 0 Å². The number of ether oxygens (including phenoxy) is 8. The predicted molar refractivity (Wildman–Crippen MR) is 214 cm³/mol. The predicted octanol–water partition coefficient (Wildman–Crippen LogP) is 1.53. The van der Waals surface area contributed by atoms with Gasteiger partial charge in [-0.05, 0) is 68.5 Å². The van der Waals surface area contributed by atoms with Gasteiger partial charge in [-0.2, -0.15) is 0 Å². The molecule has 18 heteroatoms. The Hall–Kier alpha value is -1.62. The van der Waals surface area contributed by atoms with Gasteiger partial charge in [-0.15, -0.1) is 0 Å². The minimum atomic E-state index is -1.99. The van der Waals surface area contributed by atoms with Gasteiger partial charge in [-0.25, -0.2) is 0 Å². The van der Waals surface area contributed by atoms with Gasteiger partial charge in [-0.1, -0.05) is 32.9 Å². The number of likely N-dealkylation sites (N-methyl/N-ethyl adjacent to an activating group) is 1. The minimum Gasteiger partial charge on any atom is -0.459 e. The smallest absolute Gasteiger partial charge is 0.311 e. The summed E-state index contributed by atoms with van der Waals surface area (Å²) < 4.78 is 47.8. The van der Waals surface area contributed by atoms with Gasteiger partial charge >= 0.3 is 5.97 Å². The van der Waals surface area contributed by atoms with Crippen LogP contribution in [0.3, 0.4) is 0 Å². The molecule has 0 aliphatic carbocycles. The van der Waals surface area contributed by atoms with Crippen LogP contribution >= 0.6 is 0 Å². The quantitative estimate of drug-likeness (QED) is 0.0667. The molecule has 3 saturated heterocycles. The first-order valence-corrected chi connectivity index (χ1v) is 20.8. The first-order chi connectivity index (χ1) is 27.3. The summed E-state index contributed by atoms with van der Waals surface area (Å²) in [6.45, 7) is 16.8. The third-order valence-electron chi connectivity index (χ3n) is 12.8. The highest BCUT2D eigenvalue weighted by Crippen LogP contribution is 2.42. The molecule has 3 aliphatic rings. The Morgan fingerprint density at radius 1 is 0.847 bits per heavy atom. The van der Waals surface area contributed by atoms with Crippen molar-refractivity contribution in [2.24, 2.45) is 28.8 Å². The zero-order chi connectivity index (χ0) is 44.8. The van der Waals surface area contributed by atoms with Gasteiger partial charge in [0.25, 0.3) is 0 Å². The molecule has 0 radical (unpaired) electrons. The molecule has 0 amide bonds. The van der Waals surface area contributed by atoms with E-state index in [-0.39, 0.29) is 44.8 Å². The summed E-state index contributed by atoms with van der Waals surface area (Å²) in [5.41, 5.74) is -6.46. The highest BCUT2D eigenvalue weighted by Gasteiger charge is 2.55. The monoisotopic (exact) mass is 853 g/mol. The van der Waals surface area contributed by atoms with Crippen molar-refractivity contribution in [2.45, 2.75) is 179 Å². The zero-order valence-corrected chi connectivity index (χ0v) is 37.7. The van der Waals surface area contributed by atoms with Crippen molar-refractivity contribution in [1.29, 1.82) is 0 Å². The average molecular weight is 853 g/mol. The fourth-order valence-electron chi connectivity index (χ4n) is 8.95. The Morgan fingerprint density at radius 2 is 1.49 bits per heavy atom. The molecule has 3 rings (SSSR count). The molecule has 59 heavy (non-hydrogen) atoms. The summed E-state index contributed by atoms with van der Waals surface area (Å²) in [5, 5.41) is 75.2. The standard InChI is InChI=1S/C41H76N2O16/c1-15-28-40(10,49)32(44)24(4)30(42-54-21-53-17-16-51-13)22(2)18-38(8,48)35(59-37-34(46)41(50,43(11)12)19-23(3)55-37)25(5)31(26(6)36(47)57-28)58-29-20-39(9,52-14)33(45)27(7)56-29/h22-29,31-35,37,44-46,48-50H,15-21H2,1-14H3/b42-30+/t22-,23-,24+,25+,26-,27+,28-,29+,31+,32-,33+,34+,35-,37+,38-,39-,40-,41?/m1/s1. The Kier molecular flexibility index (Phi) is 18.6. The molecule has 0 aromatic carbocycles. The van der Waals surface area contributed by atoms with Gasteiger partial charge in [0.15, 0.2) is 18.3 Å².